The predicted octanol–water partition coefficient (Wildman–Crippen LogP) is 19.7. The zero-order chi connectivity index (χ0) is 50.7. The van der Waals surface area contributed by atoms with E-state index in [0.717, 1.165) is 103 Å². The van der Waals surface area contributed by atoms with Crippen molar-refractivity contribution < 1.29 is 28.6 Å². The van der Waals surface area contributed by atoms with Crippen LogP contribution >= 0.6 is 0 Å². The highest BCUT2D eigenvalue weighted by molar-refractivity contribution is 5.71. The van der Waals surface area contributed by atoms with Gasteiger partial charge in [0.15, 0.2) is 6.10 Å². The number of unbranched alkanes of at least 4 members (excludes halogenated alkanes) is 25. The fourth-order valence-electron chi connectivity index (χ4n) is 7.91. The second kappa shape index (κ2) is 57.9. The smallest absolute Gasteiger partial charge is 0.306 e. The fourth-order valence-corrected chi connectivity index (χ4v) is 7.91. The first-order valence-electron chi connectivity index (χ1n) is 29.2. The van der Waals surface area contributed by atoms with Crippen LogP contribution in [0.25, 0.3) is 0 Å². The Morgan fingerprint density at radius 3 is 0.914 bits per heavy atom. The number of rotatable bonds is 52. The molecule has 400 valence electrons. The van der Waals surface area contributed by atoms with E-state index in [1.165, 1.54) is 128 Å². The standard InChI is InChI=1S/C64H108O6/c1-4-7-10-13-16-19-22-25-28-30-31-32-33-35-36-39-42-45-48-51-54-57-63(66)69-60-61(59-68-62(65)56-53-50-47-44-41-38-27-24-21-18-15-12-9-6-3)70-64(67)58-55-52-49-46-43-40-37-34-29-26-23-20-17-14-11-8-5-2/h7,10,16,19,24-29,31-32,35-36,42,45,61H,4-6,8-9,11-15,17-18,20-23,30,33-34,37-41,43-44,46-60H2,1-3H3/b10-7-,19-16-,27-24-,28-25-,29-26-,32-31-,36-35-,45-42-. The summed E-state index contributed by atoms with van der Waals surface area (Å²) in [6.45, 7) is 6.47. The number of carbonyl (C=O) groups is 3. The molecule has 0 radical (unpaired) electrons. The minimum absolute atomic E-state index is 0.0975. The molecule has 0 aromatic carbocycles. The molecule has 70 heavy (non-hydrogen) atoms. The maximum atomic E-state index is 12.9. The molecule has 0 spiro atoms. The molecule has 0 aromatic rings. The summed E-state index contributed by atoms with van der Waals surface area (Å²) in [5.41, 5.74) is 0. The maximum Gasteiger partial charge on any atom is 0.306 e. The summed E-state index contributed by atoms with van der Waals surface area (Å²) in [4.78, 5) is 38.2. The lowest BCUT2D eigenvalue weighted by Crippen LogP contribution is -2.30. The van der Waals surface area contributed by atoms with Gasteiger partial charge in [0.05, 0.1) is 0 Å². The molecule has 0 saturated heterocycles. The van der Waals surface area contributed by atoms with E-state index in [4.69, 9.17) is 14.2 Å². The molecule has 1 atom stereocenters. The van der Waals surface area contributed by atoms with Gasteiger partial charge in [0.25, 0.3) is 0 Å². The molecule has 0 heterocycles. The van der Waals surface area contributed by atoms with Gasteiger partial charge >= 0.3 is 17.9 Å². The van der Waals surface area contributed by atoms with Crippen LogP contribution < -0.4 is 0 Å². The van der Waals surface area contributed by atoms with Crippen LogP contribution in [0.5, 0.6) is 0 Å². The Hall–Kier alpha value is -3.67. The van der Waals surface area contributed by atoms with E-state index in [1.54, 1.807) is 0 Å². The van der Waals surface area contributed by atoms with Crippen LogP contribution in [0.15, 0.2) is 97.2 Å². The van der Waals surface area contributed by atoms with Gasteiger partial charge in [-0.05, 0) is 122 Å². The van der Waals surface area contributed by atoms with E-state index in [0.29, 0.717) is 19.3 Å². The largest absolute Gasteiger partial charge is 0.462 e. The van der Waals surface area contributed by atoms with Gasteiger partial charge in [0.2, 0.25) is 0 Å². The van der Waals surface area contributed by atoms with Gasteiger partial charge in [-0.2, -0.15) is 0 Å². The number of esters is 3. The molecule has 0 amide bonds. The fraction of sp³-hybridized carbons (Fsp3) is 0.703. The van der Waals surface area contributed by atoms with Crippen molar-refractivity contribution >= 4 is 17.9 Å². The number of carbonyl (C=O) groups excluding carboxylic acids is 3. The average Bonchev–Trinajstić information content (AvgIpc) is 3.36. The third-order valence-corrected chi connectivity index (χ3v) is 12.3. The monoisotopic (exact) mass is 973 g/mol. The Bertz CT molecular complexity index is 1400. The minimum atomic E-state index is -0.802. The van der Waals surface area contributed by atoms with Gasteiger partial charge in [0.1, 0.15) is 13.2 Å². The van der Waals surface area contributed by atoms with Crippen molar-refractivity contribution in [3.8, 4) is 0 Å². The van der Waals surface area contributed by atoms with E-state index in [9.17, 15) is 14.4 Å². The van der Waals surface area contributed by atoms with Crippen LogP contribution in [0.3, 0.4) is 0 Å². The molecule has 6 nitrogen and oxygen atoms in total. The van der Waals surface area contributed by atoms with Crippen molar-refractivity contribution in [1.29, 1.82) is 0 Å². The van der Waals surface area contributed by atoms with Gasteiger partial charge in [-0.1, -0.05) is 227 Å². The Kier molecular flexibility index (Phi) is 54.9. The Balaban J connectivity index is 4.47. The van der Waals surface area contributed by atoms with E-state index in [1.807, 2.05) is 0 Å². The molecular formula is C64H108O6. The molecule has 6 heteroatoms. The van der Waals surface area contributed by atoms with E-state index in [2.05, 4.69) is 118 Å². The molecule has 0 aromatic heterocycles. The highest BCUT2D eigenvalue weighted by Crippen LogP contribution is 2.14. The van der Waals surface area contributed by atoms with Crippen LogP contribution in [-0.2, 0) is 28.6 Å². The summed E-state index contributed by atoms with van der Waals surface area (Å²) >= 11 is 0. The van der Waals surface area contributed by atoms with E-state index < -0.39 is 6.10 Å². The third kappa shape index (κ3) is 55.3. The minimum Gasteiger partial charge on any atom is -0.462 e. The van der Waals surface area contributed by atoms with Crippen molar-refractivity contribution in [2.45, 2.75) is 277 Å². The lowest BCUT2D eigenvalue weighted by molar-refractivity contribution is -0.167. The van der Waals surface area contributed by atoms with Crippen LogP contribution in [0, 0.1) is 0 Å². The quantitative estimate of drug-likeness (QED) is 0.0262. The molecule has 0 N–H and O–H groups in total. The first-order valence-corrected chi connectivity index (χ1v) is 29.2. The summed E-state index contributed by atoms with van der Waals surface area (Å²) in [7, 11) is 0. The summed E-state index contributed by atoms with van der Waals surface area (Å²) in [6, 6.07) is 0. The summed E-state index contributed by atoms with van der Waals surface area (Å²) in [6.07, 6.45) is 76.8. The Morgan fingerprint density at radius 1 is 0.300 bits per heavy atom. The number of allylic oxidation sites excluding steroid dienone is 16. The summed E-state index contributed by atoms with van der Waals surface area (Å²) in [5.74, 6) is -0.951. The number of hydrogen-bond donors (Lipinski definition) is 0. The second-order valence-corrected chi connectivity index (χ2v) is 19.2. The first-order chi connectivity index (χ1) is 34.5. The second-order valence-electron chi connectivity index (χ2n) is 19.2. The van der Waals surface area contributed by atoms with Crippen molar-refractivity contribution in [2.24, 2.45) is 0 Å². The Morgan fingerprint density at radius 2 is 0.557 bits per heavy atom. The molecule has 0 bridgehead atoms. The molecule has 0 aliphatic rings. The van der Waals surface area contributed by atoms with Crippen molar-refractivity contribution in [1.82, 2.24) is 0 Å². The molecule has 0 aliphatic carbocycles. The molecule has 0 fully saturated rings. The first kappa shape index (κ1) is 66.3. The zero-order valence-electron chi connectivity index (χ0n) is 45.8. The lowest BCUT2D eigenvalue weighted by Gasteiger charge is -2.18. The SMILES string of the molecule is CC/C=C\C/C=C\C/C=C\C/C=C\C/C=C\C/C=C\CCCCC(=O)OCC(COC(=O)CCCCCCC/C=C\CCCCCCC)OC(=O)CCCCCCCCC/C=C\CCCCCCCC. The van der Waals surface area contributed by atoms with Crippen molar-refractivity contribution in [3.05, 3.63) is 97.2 Å². The van der Waals surface area contributed by atoms with Gasteiger partial charge in [0, 0.05) is 19.3 Å². The number of ether oxygens (including phenoxy) is 3. The van der Waals surface area contributed by atoms with Crippen LogP contribution in [0.1, 0.15) is 271 Å². The normalized spacial score (nSPS) is 12.8. The van der Waals surface area contributed by atoms with E-state index >= 15 is 0 Å². The van der Waals surface area contributed by atoms with E-state index in [-0.39, 0.29) is 31.1 Å². The maximum absolute atomic E-state index is 12.9. The predicted molar refractivity (Wildman–Crippen MR) is 302 cm³/mol. The molecule has 0 rings (SSSR count). The average molecular weight is 974 g/mol. The molecule has 1 unspecified atom stereocenters. The van der Waals surface area contributed by atoms with Crippen LogP contribution in [0.4, 0.5) is 0 Å². The summed E-state index contributed by atoms with van der Waals surface area (Å²) < 4.78 is 16.8. The highest BCUT2D eigenvalue weighted by atomic mass is 16.6. The zero-order valence-corrected chi connectivity index (χ0v) is 45.8. The van der Waals surface area contributed by atoms with Gasteiger partial charge in [-0.3, -0.25) is 14.4 Å². The molecule has 0 aliphatic heterocycles. The molecule has 0 saturated carbocycles. The van der Waals surface area contributed by atoms with Crippen molar-refractivity contribution in [2.75, 3.05) is 13.2 Å². The van der Waals surface area contributed by atoms with Gasteiger partial charge < -0.3 is 14.2 Å². The molecular weight excluding hydrogens is 865 g/mol. The number of hydrogen-bond acceptors (Lipinski definition) is 6. The lowest BCUT2D eigenvalue weighted by atomic mass is 10.1. The van der Waals surface area contributed by atoms with Gasteiger partial charge in [-0.15, -0.1) is 0 Å². The Labute approximate surface area is 432 Å². The summed E-state index contributed by atoms with van der Waals surface area (Å²) in [5, 5.41) is 0. The van der Waals surface area contributed by atoms with Gasteiger partial charge in [-0.25, -0.2) is 0 Å². The van der Waals surface area contributed by atoms with Crippen LogP contribution in [0.2, 0.25) is 0 Å². The highest BCUT2D eigenvalue weighted by Gasteiger charge is 2.19. The third-order valence-electron chi connectivity index (χ3n) is 12.3. The van der Waals surface area contributed by atoms with Crippen LogP contribution in [-0.4, -0.2) is 37.2 Å². The van der Waals surface area contributed by atoms with Crippen molar-refractivity contribution in [3.63, 3.8) is 0 Å². The topological polar surface area (TPSA) is 78.9 Å².